The zero-order valence-electron chi connectivity index (χ0n) is 14.7. The quantitative estimate of drug-likeness (QED) is 0.346. The van der Waals surface area contributed by atoms with Crippen LogP contribution in [0.5, 0.6) is 0 Å². The van der Waals surface area contributed by atoms with Crippen molar-refractivity contribution >= 4 is 29.9 Å². The van der Waals surface area contributed by atoms with Crippen molar-refractivity contribution in [2.75, 3.05) is 26.7 Å². The van der Waals surface area contributed by atoms with E-state index in [0.29, 0.717) is 6.54 Å². The molecular formula is C16H34IN3O2. The molecule has 0 aromatic rings. The van der Waals surface area contributed by atoms with Crippen molar-refractivity contribution in [1.82, 2.24) is 10.6 Å². The Morgan fingerprint density at radius 1 is 1.36 bits per heavy atom. The molecule has 0 aliphatic heterocycles. The largest absolute Gasteiger partial charge is 0.392 e. The molecular weight excluding hydrogens is 393 g/mol. The summed E-state index contributed by atoms with van der Waals surface area (Å²) in [4.78, 5) is 4.58. The fraction of sp³-hybridized carbons (Fsp3) is 0.938. The SMILES string of the molecule is CCNC(=NCC(C)(C)OC)NCC1(C)CCCCC1O.I. The van der Waals surface area contributed by atoms with Gasteiger partial charge in [0.05, 0.1) is 18.2 Å². The maximum absolute atomic E-state index is 10.2. The van der Waals surface area contributed by atoms with E-state index in [1.54, 1.807) is 7.11 Å². The molecule has 3 N–H and O–H groups in total. The van der Waals surface area contributed by atoms with Crippen molar-refractivity contribution in [3.05, 3.63) is 0 Å². The molecule has 0 bridgehead atoms. The molecule has 0 radical (unpaired) electrons. The second-order valence-electron chi connectivity index (χ2n) is 6.93. The van der Waals surface area contributed by atoms with Crippen LogP contribution in [0.15, 0.2) is 4.99 Å². The highest BCUT2D eigenvalue weighted by molar-refractivity contribution is 14.0. The lowest BCUT2D eigenvalue weighted by atomic mass is 9.73. The zero-order valence-corrected chi connectivity index (χ0v) is 17.1. The molecule has 1 aliphatic carbocycles. The lowest BCUT2D eigenvalue weighted by Crippen LogP contribution is -2.48. The lowest BCUT2D eigenvalue weighted by molar-refractivity contribution is 0.00387. The normalized spacial score (nSPS) is 26.3. The van der Waals surface area contributed by atoms with Crippen LogP contribution in [0.4, 0.5) is 0 Å². The molecule has 0 heterocycles. The summed E-state index contributed by atoms with van der Waals surface area (Å²) in [6.45, 7) is 10.4. The molecule has 1 saturated carbocycles. The topological polar surface area (TPSA) is 65.9 Å². The Labute approximate surface area is 152 Å². The highest BCUT2D eigenvalue weighted by Crippen LogP contribution is 2.35. The Hall–Kier alpha value is -0.0800. The number of aliphatic hydroxyl groups excluding tert-OH is 1. The Morgan fingerprint density at radius 3 is 2.59 bits per heavy atom. The van der Waals surface area contributed by atoms with Crippen LogP contribution in [0.1, 0.15) is 53.4 Å². The summed E-state index contributed by atoms with van der Waals surface area (Å²) in [6, 6.07) is 0. The number of hydrogen-bond acceptors (Lipinski definition) is 3. The number of aliphatic hydroxyl groups is 1. The summed E-state index contributed by atoms with van der Waals surface area (Å²) in [5, 5.41) is 16.9. The molecule has 0 saturated heterocycles. The third-order valence-corrected chi connectivity index (χ3v) is 4.45. The van der Waals surface area contributed by atoms with E-state index in [1.165, 1.54) is 6.42 Å². The molecule has 1 rings (SSSR count). The number of halogens is 1. The van der Waals surface area contributed by atoms with Crippen molar-refractivity contribution in [1.29, 1.82) is 0 Å². The number of guanidine groups is 1. The molecule has 132 valence electrons. The maximum Gasteiger partial charge on any atom is 0.191 e. The van der Waals surface area contributed by atoms with E-state index in [0.717, 1.165) is 38.3 Å². The molecule has 1 aliphatic rings. The Balaban J connectivity index is 0.00000441. The molecule has 2 unspecified atom stereocenters. The van der Waals surface area contributed by atoms with Gasteiger partial charge in [0, 0.05) is 25.6 Å². The molecule has 22 heavy (non-hydrogen) atoms. The number of nitrogens with zero attached hydrogens (tertiary/aromatic N) is 1. The van der Waals surface area contributed by atoms with Crippen molar-refractivity contribution in [2.45, 2.75) is 65.1 Å². The first-order valence-electron chi connectivity index (χ1n) is 8.08. The minimum Gasteiger partial charge on any atom is -0.392 e. The van der Waals surface area contributed by atoms with Crippen LogP contribution in [0, 0.1) is 5.41 Å². The first-order chi connectivity index (χ1) is 9.83. The number of aliphatic imine (C=N–C) groups is 1. The second-order valence-corrected chi connectivity index (χ2v) is 6.93. The van der Waals surface area contributed by atoms with Gasteiger partial charge in [-0.1, -0.05) is 19.8 Å². The van der Waals surface area contributed by atoms with Gasteiger partial charge in [-0.15, -0.1) is 24.0 Å². The summed E-state index contributed by atoms with van der Waals surface area (Å²) in [5.41, 5.74) is -0.332. The molecule has 0 spiro atoms. The molecule has 5 nitrogen and oxygen atoms in total. The smallest absolute Gasteiger partial charge is 0.191 e. The number of rotatable bonds is 6. The van der Waals surface area contributed by atoms with E-state index >= 15 is 0 Å². The fourth-order valence-corrected chi connectivity index (χ4v) is 2.55. The van der Waals surface area contributed by atoms with E-state index < -0.39 is 0 Å². The van der Waals surface area contributed by atoms with Gasteiger partial charge in [-0.25, -0.2) is 0 Å². The van der Waals surface area contributed by atoms with Gasteiger partial charge in [-0.3, -0.25) is 4.99 Å². The van der Waals surface area contributed by atoms with Crippen LogP contribution in [-0.4, -0.2) is 49.5 Å². The first kappa shape index (κ1) is 21.9. The standard InChI is InChI=1S/C16H33N3O2.HI/c1-6-17-14(18-11-15(2,3)21-5)19-12-16(4)10-8-7-9-13(16)20;/h13,20H,6-12H2,1-5H3,(H2,17,18,19);1H. The molecule has 0 aromatic heterocycles. The molecule has 2 atom stereocenters. The van der Waals surface area contributed by atoms with Crippen LogP contribution >= 0.6 is 24.0 Å². The average molecular weight is 427 g/mol. The van der Waals surface area contributed by atoms with Crippen LogP contribution in [0.25, 0.3) is 0 Å². The molecule has 0 amide bonds. The number of hydrogen-bond donors (Lipinski definition) is 3. The van der Waals surface area contributed by atoms with Gasteiger partial charge in [0.1, 0.15) is 0 Å². The van der Waals surface area contributed by atoms with Crippen LogP contribution in [0.3, 0.4) is 0 Å². The lowest BCUT2D eigenvalue weighted by Gasteiger charge is -2.38. The van der Waals surface area contributed by atoms with Gasteiger partial charge < -0.3 is 20.5 Å². The Kier molecular flexibility index (Phi) is 9.89. The first-order valence-corrected chi connectivity index (χ1v) is 8.08. The summed E-state index contributed by atoms with van der Waals surface area (Å²) in [6.07, 6.45) is 4.07. The Bertz CT molecular complexity index is 350. The molecule has 1 fully saturated rings. The van der Waals surface area contributed by atoms with Crippen LogP contribution < -0.4 is 10.6 Å². The minimum absolute atomic E-state index is 0. The van der Waals surface area contributed by atoms with E-state index in [9.17, 15) is 5.11 Å². The number of nitrogens with one attached hydrogen (secondary N) is 2. The summed E-state index contributed by atoms with van der Waals surface area (Å²) in [5.74, 6) is 0.793. The van der Waals surface area contributed by atoms with Crippen molar-refractivity contribution in [3.8, 4) is 0 Å². The number of ether oxygens (including phenoxy) is 1. The summed E-state index contributed by atoms with van der Waals surface area (Å²) >= 11 is 0. The van der Waals surface area contributed by atoms with Crippen molar-refractivity contribution < 1.29 is 9.84 Å². The van der Waals surface area contributed by atoms with Gasteiger partial charge in [0.15, 0.2) is 5.96 Å². The van der Waals surface area contributed by atoms with Gasteiger partial charge in [-0.2, -0.15) is 0 Å². The predicted octanol–water partition coefficient (Wildman–Crippen LogP) is 2.53. The third-order valence-electron chi connectivity index (χ3n) is 4.45. The van der Waals surface area contributed by atoms with E-state index in [2.05, 4.69) is 29.5 Å². The van der Waals surface area contributed by atoms with Crippen LogP contribution in [-0.2, 0) is 4.74 Å². The minimum atomic E-state index is -0.267. The average Bonchev–Trinajstić information content (AvgIpc) is 2.45. The highest BCUT2D eigenvalue weighted by Gasteiger charge is 2.35. The van der Waals surface area contributed by atoms with E-state index in [4.69, 9.17) is 4.74 Å². The summed E-state index contributed by atoms with van der Waals surface area (Å²) in [7, 11) is 1.70. The third kappa shape index (κ3) is 7.00. The van der Waals surface area contributed by atoms with Gasteiger partial charge >= 0.3 is 0 Å². The van der Waals surface area contributed by atoms with Crippen molar-refractivity contribution in [3.63, 3.8) is 0 Å². The second kappa shape index (κ2) is 9.93. The zero-order chi connectivity index (χ0) is 15.9. The molecule has 6 heteroatoms. The monoisotopic (exact) mass is 427 g/mol. The Morgan fingerprint density at radius 2 is 2.05 bits per heavy atom. The van der Waals surface area contributed by atoms with Crippen molar-refractivity contribution in [2.24, 2.45) is 10.4 Å². The molecule has 0 aromatic carbocycles. The fourth-order valence-electron chi connectivity index (χ4n) is 2.55. The van der Waals surface area contributed by atoms with E-state index in [1.807, 2.05) is 13.8 Å². The maximum atomic E-state index is 10.2. The van der Waals surface area contributed by atoms with E-state index in [-0.39, 0.29) is 41.1 Å². The van der Waals surface area contributed by atoms with Gasteiger partial charge in [0.2, 0.25) is 0 Å². The predicted molar refractivity (Wildman–Crippen MR) is 103 cm³/mol. The van der Waals surface area contributed by atoms with Gasteiger partial charge in [-0.05, 0) is 33.6 Å². The summed E-state index contributed by atoms with van der Waals surface area (Å²) < 4.78 is 5.39. The highest BCUT2D eigenvalue weighted by atomic mass is 127. The van der Waals surface area contributed by atoms with Gasteiger partial charge in [0.25, 0.3) is 0 Å². The number of methoxy groups -OCH3 is 1. The van der Waals surface area contributed by atoms with Crippen LogP contribution in [0.2, 0.25) is 0 Å².